The summed E-state index contributed by atoms with van der Waals surface area (Å²) in [4.78, 5) is 12.1. The normalized spacial score (nSPS) is 25.0. The van der Waals surface area contributed by atoms with Crippen molar-refractivity contribution in [2.75, 3.05) is 13.2 Å². The smallest absolute Gasteiger partial charge is 0.258 e. The van der Waals surface area contributed by atoms with Gasteiger partial charge in [-0.05, 0) is 37.8 Å². The zero-order valence-corrected chi connectivity index (χ0v) is 16.4. The largest absolute Gasteiger partial charge is 0.484 e. The number of nitrogens with zero attached hydrogens (tertiary/aromatic N) is 1. The van der Waals surface area contributed by atoms with Gasteiger partial charge < -0.3 is 19.3 Å². The third-order valence-corrected chi connectivity index (χ3v) is 5.73. The average Bonchev–Trinajstić information content (AvgIpc) is 3.07. The molecule has 0 atom stereocenters. The molecule has 1 aromatic carbocycles. The molecule has 3 aliphatic carbocycles. The van der Waals surface area contributed by atoms with E-state index in [0.29, 0.717) is 13.2 Å². The fraction of sp³-hybridized carbons (Fsp3) is 0.500. The molecular weight excluding hydrogens is 387 g/mol. The van der Waals surface area contributed by atoms with Crippen LogP contribution in [0.15, 0.2) is 28.8 Å². The van der Waals surface area contributed by atoms with Gasteiger partial charge in [0.25, 0.3) is 5.91 Å². The van der Waals surface area contributed by atoms with Crippen molar-refractivity contribution < 1.29 is 23.2 Å². The molecule has 3 fully saturated rings. The number of aromatic nitrogens is 1. The van der Waals surface area contributed by atoms with Crippen molar-refractivity contribution >= 4 is 17.5 Å². The maximum absolute atomic E-state index is 13.4. The van der Waals surface area contributed by atoms with Crippen molar-refractivity contribution in [1.82, 2.24) is 10.5 Å². The minimum atomic E-state index is -0.572. The molecule has 150 valence electrons. The molecule has 3 aliphatic rings. The number of ether oxygens (including phenoxy) is 2. The fourth-order valence-electron chi connectivity index (χ4n) is 4.29. The van der Waals surface area contributed by atoms with E-state index < -0.39 is 5.82 Å². The highest BCUT2D eigenvalue weighted by atomic mass is 35.5. The van der Waals surface area contributed by atoms with Crippen LogP contribution in [0.3, 0.4) is 0 Å². The average molecular weight is 409 g/mol. The lowest BCUT2D eigenvalue weighted by molar-refractivity contribution is -0.195. The van der Waals surface area contributed by atoms with E-state index in [1.165, 1.54) is 18.2 Å². The number of aryl methyl sites for hydroxylation is 1. The maximum Gasteiger partial charge on any atom is 0.258 e. The number of nitrogens with one attached hydrogen (secondary N) is 1. The monoisotopic (exact) mass is 408 g/mol. The number of carbonyl (C=O) groups is 1. The van der Waals surface area contributed by atoms with Crippen LogP contribution in [0.1, 0.15) is 37.6 Å². The Morgan fingerprint density at radius 1 is 1.36 bits per heavy atom. The number of rotatable bonds is 9. The van der Waals surface area contributed by atoms with Crippen LogP contribution in [0.4, 0.5) is 4.39 Å². The first kappa shape index (κ1) is 19.2. The summed E-state index contributed by atoms with van der Waals surface area (Å²) in [6, 6.07) is 6.01. The van der Waals surface area contributed by atoms with Crippen LogP contribution < -0.4 is 10.1 Å². The van der Waals surface area contributed by atoms with Crippen LogP contribution in [-0.2, 0) is 22.6 Å². The Morgan fingerprint density at radius 2 is 2.14 bits per heavy atom. The van der Waals surface area contributed by atoms with Gasteiger partial charge in [0.15, 0.2) is 12.4 Å². The molecule has 1 heterocycles. The Morgan fingerprint density at radius 3 is 2.82 bits per heavy atom. The van der Waals surface area contributed by atoms with Crippen LogP contribution in [0.5, 0.6) is 5.75 Å². The third kappa shape index (κ3) is 3.86. The molecule has 0 unspecified atom stereocenters. The second-order valence-corrected chi connectivity index (χ2v) is 8.26. The van der Waals surface area contributed by atoms with E-state index in [9.17, 15) is 9.18 Å². The number of amides is 1. The van der Waals surface area contributed by atoms with E-state index in [1.54, 1.807) is 0 Å². The van der Waals surface area contributed by atoms with Gasteiger partial charge in [0, 0.05) is 23.1 Å². The fourth-order valence-corrected chi connectivity index (χ4v) is 4.41. The number of carbonyl (C=O) groups excluding carboxylic acids is 1. The van der Waals surface area contributed by atoms with Gasteiger partial charge in [0.05, 0.1) is 17.3 Å². The van der Waals surface area contributed by atoms with Gasteiger partial charge in [-0.2, -0.15) is 0 Å². The molecule has 1 aromatic heterocycles. The molecule has 8 heteroatoms. The highest BCUT2D eigenvalue weighted by molar-refractivity contribution is 6.30. The molecule has 3 saturated carbocycles. The number of halogens is 2. The lowest BCUT2D eigenvalue weighted by Gasteiger charge is -2.70. The topological polar surface area (TPSA) is 73.6 Å². The molecule has 0 radical (unpaired) electrons. The first-order valence-corrected chi connectivity index (χ1v) is 9.70. The number of hydrogen-bond donors (Lipinski definition) is 1. The SMILES string of the molecule is CCc1cc(COCC23CC(NC(=O)COc4ccc(Cl)c(F)c4)(C2)C3)on1. The molecule has 2 aromatic rings. The zero-order valence-electron chi connectivity index (χ0n) is 15.6. The van der Waals surface area contributed by atoms with Crippen LogP contribution in [0, 0.1) is 11.2 Å². The maximum atomic E-state index is 13.4. The molecule has 1 N–H and O–H groups in total. The molecule has 28 heavy (non-hydrogen) atoms. The second kappa shape index (κ2) is 7.37. The predicted octanol–water partition coefficient (Wildman–Crippen LogP) is 3.66. The van der Waals surface area contributed by atoms with Gasteiger partial charge in [-0.15, -0.1) is 0 Å². The zero-order chi connectivity index (χ0) is 19.8. The summed E-state index contributed by atoms with van der Waals surface area (Å²) in [6.07, 6.45) is 3.54. The van der Waals surface area contributed by atoms with Gasteiger partial charge in [-0.3, -0.25) is 4.79 Å². The molecule has 5 rings (SSSR count). The van der Waals surface area contributed by atoms with Crippen molar-refractivity contribution in [2.45, 2.75) is 44.8 Å². The van der Waals surface area contributed by atoms with Crippen molar-refractivity contribution in [2.24, 2.45) is 5.41 Å². The molecular formula is C20H22ClFN2O4. The van der Waals surface area contributed by atoms with Crippen LogP contribution in [-0.4, -0.2) is 29.8 Å². The summed E-state index contributed by atoms with van der Waals surface area (Å²) in [5.74, 6) is 0.232. The van der Waals surface area contributed by atoms with E-state index in [2.05, 4.69) is 10.5 Å². The highest BCUT2D eigenvalue weighted by Crippen LogP contribution is 2.67. The van der Waals surface area contributed by atoms with Crippen molar-refractivity contribution in [1.29, 1.82) is 0 Å². The van der Waals surface area contributed by atoms with Gasteiger partial charge in [0.2, 0.25) is 0 Å². The Hall–Kier alpha value is -2.12. The van der Waals surface area contributed by atoms with E-state index in [-0.39, 0.29) is 34.2 Å². The lowest BCUT2D eigenvalue weighted by Crippen LogP contribution is -2.76. The molecule has 2 bridgehead atoms. The van der Waals surface area contributed by atoms with Crippen molar-refractivity contribution in [3.63, 3.8) is 0 Å². The number of benzene rings is 1. The van der Waals surface area contributed by atoms with Gasteiger partial charge in [-0.1, -0.05) is 23.7 Å². The Labute approximate surface area is 167 Å². The van der Waals surface area contributed by atoms with E-state index in [0.717, 1.165) is 37.1 Å². The summed E-state index contributed by atoms with van der Waals surface area (Å²) in [5.41, 5.74) is 0.937. The van der Waals surface area contributed by atoms with Gasteiger partial charge in [-0.25, -0.2) is 4.39 Å². The summed E-state index contributed by atoms with van der Waals surface area (Å²) in [6.45, 7) is 2.93. The standard InChI is InChI=1S/C20H22ClFN2O4/c1-2-13-5-15(28-24-13)7-26-12-19-9-20(10-19,11-19)23-18(25)8-27-14-3-4-16(21)17(22)6-14/h3-6H,2,7-12H2,1H3,(H,23,25). The van der Waals surface area contributed by atoms with E-state index in [4.69, 9.17) is 25.6 Å². The molecule has 1 amide bonds. The Bertz CT molecular complexity index is 865. The quantitative estimate of drug-likeness (QED) is 0.685. The first-order chi connectivity index (χ1) is 13.4. The summed E-state index contributed by atoms with van der Waals surface area (Å²) in [7, 11) is 0. The summed E-state index contributed by atoms with van der Waals surface area (Å²) < 4.78 is 29.7. The molecule has 0 saturated heterocycles. The van der Waals surface area contributed by atoms with Crippen LogP contribution >= 0.6 is 11.6 Å². The van der Waals surface area contributed by atoms with Crippen LogP contribution in [0.2, 0.25) is 5.02 Å². The van der Waals surface area contributed by atoms with E-state index in [1.807, 2.05) is 13.0 Å². The minimum absolute atomic E-state index is 0.0206. The van der Waals surface area contributed by atoms with Gasteiger partial charge >= 0.3 is 0 Å². The Balaban J connectivity index is 1.16. The molecule has 6 nitrogen and oxygen atoms in total. The van der Waals surface area contributed by atoms with E-state index >= 15 is 0 Å². The van der Waals surface area contributed by atoms with Crippen molar-refractivity contribution in [3.8, 4) is 5.75 Å². The van der Waals surface area contributed by atoms with Gasteiger partial charge in [0.1, 0.15) is 18.2 Å². The highest BCUT2D eigenvalue weighted by Gasteiger charge is 2.68. The predicted molar refractivity (Wildman–Crippen MR) is 99.6 cm³/mol. The van der Waals surface area contributed by atoms with Crippen molar-refractivity contribution in [3.05, 3.63) is 46.6 Å². The second-order valence-electron chi connectivity index (χ2n) is 7.85. The summed E-state index contributed by atoms with van der Waals surface area (Å²) in [5, 5.41) is 7.00. The molecule has 0 spiro atoms. The minimum Gasteiger partial charge on any atom is -0.484 e. The summed E-state index contributed by atoms with van der Waals surface area (Å²) >= 11 is 5.63. The van der Waals surface area contributed by atoms with Crippen LogP contribution in [0.25, 0.3) is 0 Å². The first-order valence-electron chi connectivity index (χ1n) is 9.32. The lowest BCUT2D eigenvalue weighted by atomic mass is 9.39. The number of hydrogen-bond acceptors (Lipinski definition) is 5. The molecule has 0 aliphatic heterocycles. The Kier molecular flexibility index (Phi) is 5.05. The third-order valence-electron chi connectivity index (χ3n) is 5.43.